The summed E-state index contributed by atoms with van der Waals surface area (Å²) < 4.78 is 0. The summed E-state index contributed by atoms with van der Waals surface area (Å²) in [6, 6.07) is 17.5. The van der Waals surface area contributed by atoms with Gasteiger partial charge in [-0.05, 0) is 11.1 Å². The fourth-order valence-corrected chi connectivity index (χ4v) is 2.87. The van der Waals surface area contributed by atoms with E-state index in [0.717, 1.165) is 18.5 Å². The second kappa shape index (κ2) is 6.73. The highest BCUT2D eigenvalue weighted by Crippen LogP contribution is 2.13. The fourth-order valence-electron chi connectivity index (χ4n) is 2.87. The molecule has 1 amide bonds. The van der Waals surface area contributed by atoms with E-state index in [-0.39, 0.29) is 18.5 Å². The molecule has 4 N–H and O–H groups in total. The number of hydrogen-bond donors (Lipinski definition) is 3. The fraction of sp³-hybridized carbons (Fsp3) is 0.278. The van der Waals surface area contributed by atoms with E-state index >= 15 is 0 Å². The Labute approximate surface area is 130 Å². The predicted octanol–water partition coefficient (Wildman–Crippen LogP) is 0.524. The zero-order valence-corrected chi connectivity index (χ0v) is 12.4. The molecule has 3 rings (SSSR count). The summed E-state index contributed by atoms with van der Waals surface area (Å²) in [6.07, 6.45) is 0.0738. The number of nitrogens with two attached hydrogens (primary N) is 1. The van der Waals surface area contributed by atoms with Gasteiger partial charge < -0.3 is 15.7 Å². The Bertz CT molecular complexity index is 643. The number of fused-ring (bicyclic) bond motifs is 1. The number of aliphatic hydroxyl groups is 1. The van der Waals surface area contributed by atoms with Gasteiger partial charge in [0.05, 0.1) is 6.10 Å². The molecule has 4 heteroatoms. The number of rotatable bonds is 4. The summed E-state index contributed by atoms with van der Waals surface area (Å²) in [5.41, 5.74) is 3.37. The van der Waals surface area contributed by atoms with Gasteiger partial charge in [0.2, 0.25) is 0 Å². The first-order valence-corrected chi connectivity index (χ1v) is 7.65. The first kappa shape index (κ1) is 14.8. The van der Waals surface area contributed by atoms with Crippen LogP contribution in [0.4, 0.5) is 0 Å². The van der Waals surface area contributed by atoms with Crippen LogP contribution in [0.25, 0.3) is 0 Å². The van der Waals surface area contributed by atoms with Crippen LogP contribution in [-0.2, 0) is 17.8 Å². The number of nitrogens with one attached hydrogen (secondary N) is 1. The highest BCUT2D eigenvalue weighted by atomic mass is 16.3. The molecular weight excluding hydrogens is 276 g/mol. The van der Waals surface area contributed by atoms with E-state index in [1.54, 1.807) is 0 Å². The van der Waals surface area contributed by atoms with Crippen LogP contribution in [0.15, 0.2) is 54.6 Å². The zero-order valence-electron chi connectivity index (χ0n) is 12.4. The largest absolute Gasteiger partial charge is 0.387 e. The summed E-state index contributed by atoms with van der Waals surface area (Å²) in [6.45, 7) is 1.07. The Morgan fingerprint density at radius 3 is 2.59 bits per heavy atom. The molecule has 0 bridgehead atoms. The molecule has 114 valence electrons. The number of benzene rings is 2. The third-order valence-electron chi connectivity index (χ3n) is 4.17. The molecule has 0 saturated heterocycles. The minimum Gasteiger partial charge on any atom is -0.387 e. The summed E-state index contributed by atoms with van der Waals surface area (Å²) in [7, 11) is 0. The van der Waals surface area contributed by atoms with Crippen LogP contribution in [0.5, 0.6) is 0 Å². The molecule has 2 aromatic rings. The second-order valence-electron chi connectivity index (χ2n) is 5.69. The van der Waals surface area contributed by atoms with E-state index in [1.807, 2.05) is 42.5 Å². The maximum atomic E-state index is 12.3. The average Bonchev–Trinajstić information content (AvgIpc) is 2.59. The van der Waals surface area contributed by atoms with Crippen molar-refractivity contribution >= 4 is 5.91 Å². The van der Waals surface area contributed by atoms with Gasteiger partial charge in [-0.2, -0.15) is 0 Å². The number of quaternary nitrogens is 1. The summed E-state index contributed by atoms with van der Waals surface area (Å²) in [5, 5.41) is 15.0. The van der Waals surface area contributed by atoms with Gasteiger partial charge >= 0.3 is 0 Å². The molecule has 0 aliphatic carbocycles. The normalized spacial score (nSPS) is 18.3. The standard InChI is InChI=1S/C18H20N2O2/c21-17(13-6-2-1-3-7-13)12-20-18(22)16-10-14-8-4-5-9-15(14)11-19-16/h1-9,16-17,19,21H,10-12H2,(H,20,22)/p+1/t16-,17+/m0/s1. The predicted molar refractivity (Wildman–Crippen MR) is 84.0 cm³/mol. The van der Waals surface area contributed by atoms with Crippen molar-refractivity contribution in [1.29, 1.82) is 0 Å². The molecule has 4 nitrogen and oxygen atoms in total. The monoisotopic (exact) mass is 297 g/mol. The Morgan fingerprint density at radius 2 is 1.82 bits per heavy atom. The van der Waals surface area contributed by atoms with E-state index in [1.165, 1.54) is 11.1 Å². The number of hydrogen-bond acceptors (Lipinski definition) is 2. The molecule has 0 radical (unpaired) electrons. The van der Waals surface area contributed by atoms with Crippen molar-refractivity contribution in [1.82, 2.24) is 5.32 Å². The molecule has 2 aromatic carbocycles. The van der Waals surface area contributed by atoms with Gasteiger partial charge in [-0.1, -0.05) is 54.6 Å². The van der Waals surface area contributed by atoms with E-state index < -0.39 is 6.10 Å². The van der Waals surface area contributed by atoms with Crippen LogP contribution in [0.2, 0.25) is 0 Å². The molecule has 0 spiro atoms. The minimum absolute atomic E-state index is 0.00974. The van der Waals surface area contributed by atoms with Crippen molar-refractivity contribution in [2.75, 3.05) is 6.54 Å². The third kappa shape index (κ3) is 3.35. The molecule has 0 saturated carbocycles. The Balaban J connectivity index is 1.55. The lowest BCUT2D eigenvalue weighted by atomic mass is 9.95. The molecule has 1 aliphatic rings. The molecular formula is C18H21N2O2+. The molecule has 0 aromatic heterocycles. The third-order valence-corrected chi connectivity index (χ3v) is 4.17. The number of aliphatic hydroxyl groups excluding tert-OH is 1. The maximum absolute atomic E-state index is 12.3. The SMILES string of the molecule is O=C(NC[C@@H](O)c1ccccc1)[C@@H]1Cc2ccccc2C[NH2+]1. The van der Waals surface area contributed by atoms with Crippen LogP contribution in [0.1, 0.15) is 22.8 Å². The number of amides is 1. The van der Waals surface area contributed by atoms with Gasteiger partial charge in [-0.15, -0.1) is 0 Å². The van der Waals surface area contributed by atoms with Gasteiger partial charge in [0.25, 0.3) is 5.91 Å². The smallest absolute Gasteiger partial charge is 0.278 e. The highest BCUT2D eigenvalue weighted by molar-refractivity contribution is 5.80. The molecule has 0 fully saturated rings. The second-order valence-corrected chi connectivity index (χ2v) is 5.69. The van der Waals surface area contributed by atoms with E-state index in [4.69, 9.17) is 0 Å². The van der Waals surface area contributed by atoms with Gasteiger partial charge in [0, 0.05) is 18.5 Å². The van der Waals surface area contributed by atoms with Crippen LogP contribution in [0, 0.1) is 0 Å². The minimum atomic E-state index is -0.666. The molecule has 0 unspecified atom stereocenters. The molecule has 2 atom stereocenters. The van der Waals surface area contributed by atoms with Crippen molar-refractivity contribution in [3.8, 4) is 0 Å². The topological polar surface area (TPSA) is 65.9 Å². The first-order valence-electron chi connectivity index (χ1n) is 7.65. The lowest BCUT2D eigenvalue weighted by Crippen LogP contribution is -2.93. The number of carbonyl (C=O) groups excluding carboxylic acids is 1. The highest BCUT2D eigenvalue weighted by Gasteiger charge is 2.27. The Kier molecular flexibility index (Phi) is 4.51. The van der Waals surface area contributed by atoms with Crippen LogP contribution < -0.4 is 10.6 Å². The van der Waals surface area contributed by atoms with Gasteiger partial charge in [-0.3, -0.25) is 4.79 Å². The lowest BCUT2D eigenvalue weighted by molar-refractivity contribution is -0.695. The average molecular weight is 297 g/mol. The van der Waals surface area contributed by atoms with Crippen molar-refractivity contribution < 1.29 is 15.2 Å². The van der Waals surface area contributed by atoms with Crippen LogP contribution >= 0.6 is 0 Å². The van der Waals surface area contributed by atoms with Gasteiger partial charge in [0.15, 0.2) is 6.04 Å². The Hall–Kier alpha value is -2.17. The van der Waals surface area contributed by atoms with Crippen LogP contribution in [-0.4, -0.2) is 23.6 Å². The van der Waals surface area contributed by atoms with E-state index in [2.05, 4.69) is 22.8 Å². The molecule has 1 aliphatic heterocycles. The van der Waals surface area contributed by atoms with Gasteiger partial charge in [-0.25, -0.2) is 0 Å². The van der Waals surface area contributed by atoms with Gasteiger partial charge in [0.1, 0.15) is 6.54 Å². The van der Waals surface area contributed by atoms with Crippen molar-refractivity contribution in [3.05, 3.63) is 71.3 Å². The van der Waals surface area contributed by atoms with Crippen molar-refractivity contribution in [3.63, 3.8) is 0 Å². The molecule has 1 heterocycles. The summed E-state index contributed by atoms with van der Waals surface area (Å²) in [5.74, 6) is -0.00974. The zero-order chi connectivity index (χ0) is 15.4. The summed E-state index contributed by atoms with van der Waals surface area (Å²) >= 11 is 0. The number of carbonyl (C=O) groups is 1. The van der Waals surface area contributed by atoms with E-state index in [9.17, 15) is 9.90 Å². The first-order chi connectivity index (χ1) is 10.7. The maximum Gasteiger partial charge on any atom is 0.278 e. The van der Waals surface area contributed by atoms with Crippen molar-refractivity contribution in [2.45, 2.75) is 25.1 Å². The lowest BCUT2D eigenvalue weighted by Gasteiger charge is -2.22. The summed E-state index contributed by atoms with van der Waals surface area (Å²) in [4.78, 5) is 12.3. The van der Waals surface area contributed by atoms with Crippen LogP contribution in [0.3, 0.4) is 0 Å². The Morgan fingerprint density at radius 1 is 1.14 bits per heavy atom. The van der Waals surface area contributed by atoms with Crippen molar-refractivity contribution in [2.24, 2.45) is 0 Å². The quantitative estimate of drug-likeness (QED) is 0.770. The molecule has 22 heavy (non-hydrogen) atoms. The van der Waals surface area contributed by atoms with E-state index in [0.29, 0.717) is 0 Å².